The van der Waals surface area contributed by atoms with Crippen LogP contribution in [-0.2, 0) is 4.74 Å². The van der Waals surface area contributed by atoms with Crippen molar-refractivity contribution >= 4 is 24.0 Å². The molecule has 3 aromatic rings. The Hall–Kier alpha value is -3.93. The second-order valence-corrected chi connectivity index (χ2v) is 7.50. The Balaban J connectivity index is 1.58. The van der Waals surface area contributed by atoms with Crippen molar-refractivity contribution in [3.8, 4) is 11.1 Å². The number of nitrogens with zero attached hydrogens (tertiary/aromatic N) is 1. The second kappa shape index (κ2) is 8.07. The van der Waals surface area contributed by atoms with E-state index < -0.39 is 12.1 Å². The Kier molecular flexibility index (Phi) is 5.29. The highest BCUT2D eigenvalue weighted by molar-refractivity contribution is 5.97. The lowest BCUT2D eigenvalue weighted by molar-refractivity contribution is 0.0696. The molecule has 1 N–H and O–H groups in total. The Labute approximate surface area is 179 Å². The second-order valence-electron chi connectivity index (χ2n) is 7.50. The van der Waals surface area contributed by atoms with Crippen LogP contribution in [0.5, 0.6) is 0 Å². The number of fused-ring (bicyclic) bond motifs is 3. The summed E-state index contributed by atoms with van der Waals surface area (Å²) in [6, 6.07) is 18.8. The fraction of sp³-hybridized carbons (Fsp3) is 0.160. The number of hydrogen-bond acceptors (Lipinski definition) is 4. The highest BCUT2D eigenvalue weighted by atomic mass is 16.6. The molecule has 6 heteroatoms. The maximum atomic E-state index is 12.8. The van der Waals surface area contributed by atoms with Crippen LogP contribution in [0.25, 0.3) is 11.1 Å². The Morgan fingerprint density at radius 1 is 1.03 bits per heavy atom. The third-order valence-corrected chi connectivity index (χ3v) is 5.77. The number of aromatic carboxylic acids is 1. The van der Waals surface area contributed by atoms with E-state index >= 15 is 0 Å². The molecule has 156 valence electrons. The van der Waals surface area contributed by atoms with Crippen molar-refractivity contribution in [1.82, 2.24) is 0 Å². The normalized spacial score (nSPS) is 12.1. The van der Waals surface area contributed by atoms with Crippen molar-refractivity contribution in [3.05, 3.63) is 88.5 Å². The lowest BCUT2D eigenvalue weighted by Crippen LogP contribution is -2.29. The van der Waals surface area contributed by atoms with E-state index in [0.717, 1.165) is 22.3 Å². The SMILES string of the molecule is Cc1c(C=O)cc(C(=O)O)cc1N(C)C(=O)OCC1c2ccccc2-c2ccccc21. The number of aldehydes is 1. The molecule has 1 aliphatic carbocycles. The van der Waals surface area contributed by atoms with Crippen LogP contribution in [0.1, 0.15) is 43.3 Å². The van der Waals surface area contributed by atoms with Gasteiger partial charge in [0, 0.05) is 18.5 Å². The van der Waals surface area contributed by atoms with Crippen molar-refractivity contribution in [2.45, 2.75) is 12.8 Å². The van der Waals surface area contributed by atoms with Crippen LogP contribution < -0.4 is 4.90 Å². The number of carbonyl (C=O) groups excluding carboxylic acids is 2. The summed E-state index contributed by atoms with van der Waals surface area (Å²) in [6.45, 7) is 1.81. The van der Waals surface area contributed by atoms with Crippen molar-refractivity contribution < 1.29 is 24.2 Å². The summed E-state index contributed by atoms with van der Waals surface area (Å²) in [5.74, 6) is -1.26. The van der Waals surface area contributed by atoms with Gasteiger partial charge in [0.25, 0.3) is 0 Å². The minimum Gasteiger partial charge on any atom is -0.478 e. The summed E-state index contributed by atoms with van der Waals surface area (Å²) in [7, 11) is 1.50. The minimum atomic E-state index is -1.18. The van der Waals surface area contributed by atoms with Crippen LogP contribution >= 0.6 is 0 Å². The third-order valence-electron chi connectivity index (χ3n) is 5.77. The van der Waals surface area contributed by atoms with Gasteiger partial charge < -0.3 is 9.84 Å². The first kappa shape index (κ1) is 20.3. The van der Waals surface area contributed by atoms with Crippen LogP contribution in [-0.4, -0.2) is 37.1 Å². The molecule has 3 aromatic carbocycles. The summed E-state index contributed by atoms with van der Waals surface area (Å²) in [4.78, 5) is 36.8. The van der Waals surface area contributed by atoms with Gasteiger partial charge in [-0.25, -0.2) is 9.59 Å². The lowest BCUT2D eigenvalue weighted by atomic mass is 9.98. The van der Waals surface area contributed by atoms with Gasteiger partial charge in [-0.3, -0.25) is 9.69 Å². The van der Waals surface area contributed by atoms with E-state index in [2.05, 4.69) is 12.1 Å². The predicted molar refractivity (Wildman–Crippen MR) is 117 cm³/mol. The number of carbonyl (C=O) groups is 3. The zero-order valence-corrected chi connectivity index (χ0v) is 17.2. The number of anilines is 1. The molecule has 0 radical (unpaired) electrons. The zero-order chi connectivity index (χ0) is 22.1. The molecule has 0 bridgehead atoms. The number of rotatable bonds is 5. The molecule has 31 heavy (non-hydrogen) atoms. The van der Waals surface area contributed by atoms with E-state index in [1.54, 1.807) is 6.92 Å². The molecule has 1 amide bonds. The summed E-state index contributed by atoms with van der Waals surface area (Å²) in [5.41, 5.74) is 5.45. The number of hydrogen-bond donors (Lipinski definition) is 1. The fourth-order valence-electron chi connectivity index (χ4n) is 4.10. The van der Waals surface area contributed by atoms with Gasteiger partial charge in [0.2, 0.25) is 0 Å². The fourth-order valence-corrected chi connectivity index (χ4v) is 4.10. The van der Waals surface area contributed by atoms with E-state index in [-0.39, 0.29) is 23.7 Å². The molecule has 1 aliphatic rings. The number of carboxylic acids is 1. The quantitative estimate of drug-likeness (QED) is 0.600. The van der Waals surface area contributed by atoms with Gasteiger partial charge in [-0.05, 0) is 46.9 Å². The minimum absolute atomic E-state index is 0.0685. The lowest BCUT2D eigenvalue weighted by Gasteiger charge is -2.22. The Morgan fingerprint density at radius 2 is 1.61 bits per heavy atom. The van der Waals surface area contributed by atoms with Gasteiger partial charge in [0.05, 0.1) is 11.3 Å². The molecular weight excluding hydrogens is 394 g/mol. The highest BCUT2D eigenvalue weighted by Gasteiger charge is 2.29. The number of benzene rings is 3. The molecule has 0 saturated heterocycles. The molecule has 0 aromatic heterocycles. The summed E-state index contributed by atoms with van der Waals surface area (Å²) in [6.07, 6.45) is -0.0408. The first-order valence-electron chi connectivity index (χ1n) is 9.84. The molecular formula is C25H21NO5. The van der Waals surface area contributed by atoms with Gasteiger partial charge in [-0.2, -0.15) is 0 Å². The van der Waals surface area contributed by atoms with Crippen LogP contribution in [0.15, 0.2) is 60.7 Å². The first-order chi connectivity index (χ1) is 14.9. The molecule has 0 heterocycles. The maximum Gasteiger partial charge on any atom is 0.414 e. The number of carboxylic acid groups (broad SMARTS) is 1. The van der Waals surface area contributed by atoms with Gasteiger partial charge in [-0.1, -0.05) is 48.5 Å². The van der Waals surface area contributed by atoms with Crippen LogP contribution in [0.4, 0.5) is 10.5 Å². The standard InChI is InChI=1S/C25H21NO5/c1-15-17(13-27)11-16(24(28)29)12-23(15)26(2)25(30)31-14-22-20-9-5-3-7-18(20)19-8-4-6-10-21(19)22/h3-13,22H,14H2,1-2H3,(H,28,29). The van der Waals surface area contributed by atoms with Crippen LogP contribution in [0, 0.1) is 6.92 Å². The van der Waals surface area contributed by atoms with Gasteiger partial charge in [0.15, 0.2) is 0 Å². The van der Waals surface area contributed by atoms with Gasteiger partial charge in [0.1, 0.15) is 12.9 Å². The maximum absolute atomic E-state index is 12.8. The molecule has 0 atom stereocenters. The zero-order valence-electron chi connectivity index (χ0n) is 17.2. The van der Waals surface area contributed by atoms with Crippen LogP contribution in [0.2, 0.25) is 0 Å². The van der Waals surface area contributed by atoms with E-state index in [1.807, 2.05) is 36.4 Å². The predicted octanol–water partition coefficient (Wildman–Crippen LogP) is 4.89. The molecule has 0 fully saturated rings. The van der Waals surface area contributed by atoms with Crippen molar-refractivity contribution in [1.29, 1.82) is 0 Å². The van der Waals surface area contributed by atoms with Crippen molar-refractivity contribution in [3.63, 3.8) is 0 Å². The monoisotopic (exact) mass is 415 g/mol. The first-order valence-corrected chi connectivity index (χ1v) is 9.84. The molecule has 0 unspecified atom stereocenters. The third kappa shape index (κ3) is 3.57. The average Bonchev–Trinajstić information content (AvgIpc) is 3.10. The molecule has 0 aliphatic heterocycles. The number of ether oxygens (including phenoxy) is 1. The Bertz CT molecular complexity index is 1150. The van der Waals surface area contributed by atoms with Crippen molar-refractivity contribution in [2.75, 3.05) is 18.6 Å². The Morgan fingerprint density at radius 3 is 2.16 bits per heavy atom. The van der Waals surface area contributed by atoms with E-state index in [9.17, 15) is 19.5 Å². The van der Waals surface area contributed by atoms with E-state index in [4.69, 9.17) is 4.74 Å². The molecule has 4 rings (SSSR count). The summed E-state index contributed by atoms with van der Waals surface area (Å²) in [5, 5.41) is 9.32. The molecule has 0 spiro atoms. The number of amides is 1. The smallest absolute Gasteiger partial charge is 0.414 e. The van der Waals surface area contributed by atoms with Gasteiger partial charge >= 0.3 is 12.1 Å². The van der Waals surface area contributed by atoms with Crippen molar-refractivity contribution in [2.24, 2.45) is 0 Å². The molecule has 0 saturated carbocycles. The molecule has 6 nitrogen and oxygen atoms in total. The van der Waals surface area contributed by atoms with E-state index in [0.29, 0.717) is 17.5 Å². The summed E-state index contributed by atoms with van der Waals surface area (Å²) < 4.78 is 5.64. The van der Waals surface area contributed by atoms with Crippen LogP contribution in [0.3, 0.4) is 0 Å². The largest absolute Gasteiger partial charge is 0.478 e. The van der Waals surface area contributed by atoms with Gasteiger partial charge in [-0.15, -0.1) is 0 Å². The van der Waals surface area contributed by atoms with E-state index in [1.165, 1.54) is 24.1 Å². The average molecular weight is 415 g/mol. The topological polar surface area (TPSA) is 83.9 Å². The highest BCUT2D eigenvalue weighted by Crippen LogP contribution is 2.44. The summed E-state index contributed by atoms with van der Waals surface area (Å²) >= 11 is 0.